The predicted octanol–water partition coefficient (Wildman–Crippen LogP) is 35.1. The van der Waals surface area contributed by atoms with Crippen LogP contribution in [0.4, 0.5) is 55.6 Å². The van der Waals surface area contributed by atoms with E-state index in [1.54, 1.807) is 0 Å². The summed E-state index contributed by atoms with van der Waals surface area (Å²) < 4.78 is 50.4. The molecule has 3 aliphatic rings. The van der Waals surface area contributed by atoms with Crippen molar-refractivity contribution in [2.45, 2.75) is 6.92 Å². The van der Waals surface area contributed by atoms with Gasteiger partial charge in [-0.3, -0.25) is 0 Å². The number of nitrogens with zero attached hydrogens (tertiary/aromatic N) is 3. The second kappa shape index (κ2) is 28.9. The number of halogens is 3. The van der Waals surface area contributed by atoms with Gasteiger partial charge in [-0.05, 0) is 188 Å². The van der Waals surface area contributed by atoms with Gasteiger partial charge in [-0.25, -0.2) is 4.39 Å². The van der Waals surface area contributed by atoms with Crippen molar-refractivity contribution in [3.63, 3.8) is 0 Å². The predicted molar refractivity (Wildman–Crippen MR) is 521 cm³/mol. The molecule has 0 bridgehead atoms. The summed E-state index contributed by atoms with van der Waals surface area (Å²) in [6.07, 6.45) is 0. The minimum Gasteiger partial charge on any atom is -0.456 e. The second-order valence-corrected chi connectivity index (χ2v) is 33.3. The lowest BCUT2D eigenvalue weighted by Crippen LogP contribution is -2.13. The van der Waals surface area contributed by atoms with Crippen LogP contribution < -0.4 is 28.9 Å². The summed E-state index contributed by atoms with van der Waals surface area (Å²) in [6, 6.07) is 135. The molecule has 0 saturated carbocycles. The highest BCUT2D eigenvalue weighted by Crippen LogP contribution is 2.58. The third kappa shape index (κ3) is 11.6. The molecule has 24 aromatic rings. The van der Waals surface area contributed by atoms with Crippen molar-refractivity contribution in [3.8, 4) is 56.8 Å². The molecule has 5 heterocycles. The maximum atomic E-state index is 17.5. The zero-order chi connectivity index (χ0) is 83.5. The summed E-state index contributed by atoms with van der Waals surface area (Å²) in [5.41, 5.74) is 16.0. The van der Waals surface area contributed by atoms with Crippen LogP contribution in [0.3, 0.4) is 0 Å². The van der Waals surface area contributed by atoms with Crippen molar-refractivity contribution < 1.29 is 27.4 Å². The standard InChI is InChI=1S/C60H37FN2O2.C36H20ClNO2.C19H11ClO/c61-59-49(39-19-7-2-8-20-39)34-42(38-17-5-1-6-18-38)36-52(59)62(43-21-9-3-10-22-43)45-33-40-31-32-41-35-51(48-27-16-30-54-58(48)57(41)56(40)55(37-45)64-54)63(44-23-11-4-12-24-44)50-28-15-26-47-46-25-13-14-29-53(46)65-60(47)50;37-23-18-21-16-17-22-19-29(27-12-7-15-31-35(27)34(22)33(21)32(20-23)39-31)38(24-8-2-1-3-9-24)28-13-6-11-26-25-10-4-5-14-30(25)40-36(26)28;1-10-7-11-5-6-12-8-13(20)9-16-17(12)18(11)19-14(10)3-2-4-15(19)21-16/h1-37H;1-20H;2-9H,1H3. The lowest BCUT2D eigenvalue weighted by Gasteiger charge is -2.30. The zero-order valence-corrected chi connectivity index (χ0v) is 69.1. The molecule has 27 rings (SSSR count). The number of furan rings is 2. The molecule has 126 heavy (non-hydrogen) atoms. The maximum absolute atomic E-state index is 17.5. The summed E-state index contributed by atoms with van der Waals surface area (Å²) >= 11 is 12.7. The number of rotatable bonds is 11. The van der Waals surface area contributed by atoms with Gasteiger partial charge in [-0.2, -0.15) is 0 Å². The van der Waals surface area contributed by atoms with Gasteiger partial charge in [0.1, 0.15) is 45.7 Å². The number of fused-ring (bicyclic) bond motifs is 6. The number of aryl methyl sites for hydroxylation is 1. The normalized spacial score (nSPS) is 12.2. The van der Waals surface area contributed by atoms with Crippen molar-refractivity contribution in [3.05, 3.63) is 416 Å². The van der Waals surface area contributed by atoms with Crippen LogP contribution >= 0.6 is 23.2 Å². The molecule has 0 N–H and O–H groups in total. The van der Waals surface area contributed by atoms with Crippen LogP contribution in [-0.4, -0.2) is 0 Å². The molecule has 8 nitrogen and oxygen atoms in total. The Morgan fingerprint density at radius 3 is 1.07 bits per heavy atom. The topological polar surface area (TPSA) is 63.7 Å². The fraction of sp³-hybridized carbons (Fsp3) is 0.00870. The second-order valence-electron chi connectivity index (χ2n) is 32.5. The van der Waals surface area contributed by atoms with Gasteiger partial charge in [-0.15, -0.1) is 0 Å². The van der Waals surface area contributed by atoms with E-state index in [2.05, 4.69) is 241 Å². The van der Waals surface area contributed by atoms with Gasteiger partial charge >= 0.3 is 0 Å². The maximum Gasteiger partial charge on any atom is 0.159 e. The van der Waals surface area contributed by atoms with Crippen molar-refractivity contribution in [2.75, 3.05) is 14.7 Å². The Kier molecular flexibility index (Phi) is 16.7. The lowest BCUT2D eigenvalue weighted by molar-refractivity contribution is 0.492. The molecule has 0 fully saturated rings. The number of benzene rings is 22. The number of anilines is 9. The van der Waals surface area contributed by atoms with E-state index in [0.717, 1.165) is 199 Å². The highest BCUT2D eigenvalue weighted by atomic mass is 35.5. The monoisotopic (exact) mass is 1660 g/mol. The van der Waals surface area contributed by atoms with E-state index in [1.165, 1.54) is 37.9 Å². The Hall–Kier alpha value is -15.9. The lowest BCUT2D eigenvalue weighted by atomic mass is 9.91. The minimum absolute atomic E-state index is 0.311. The zero-order valence-electron chi connectivity index (χ0n) is 67.5. The summed E-state index contributed by atoms with van der Waals surface area (Å²) in [5, 5.41) is 26.1. The SMILES string of the molecule is Cc1cc2ccc3cc(Cl)cc4c3c2c2c(cccc12)O4.Clc1cc2c3c(ccc4cc(N(c5ccccc5)c5cccc6c5oc5ccccc56)c5cccc(c5c43)O2)c1.Fc1c(-c2ccccc2)cc(-c2ccccc2)cc1N(c1ccccc1)c1cc2c3c(ccc4cc(N(c5ccccc5)c5cccc6c5oc5ccccc56)c5cccc(c5c43)O2)c1. The molecule has 3 aliphatic heterocycles. The molecule has 0 spiro atoms. The van der Waals surface area contributed by atoms with Crippen molar-refractivity contribution in [1.29, 1.82) is 0 Å². The first-order valence-corrected chi connectivity index (χ1v) is 42.9. The Balaban J connectivity index is 0.000000119. The van der Waals surface area contributed by atoms with E-state index in [4.69, 9.17) is 46.2 Å². The molecule has 0 saturated heterocycles. The van der Waals surface area contributed by atoms with Crippen LogP contribution in [0.2, 0.25) is 10.0 Å². The van der Waals surface area contributed by atoms with Crippen LogP contribution in [0, 0.1) is 12.7 Å². The number of ether oxygens (including phenoxy) is 3. The highest BCUT2D eigenvalue weighted by molar-refractivity contribution is 6.35. The van der Waals surface area contributed by atoms with Gasteiger partial charge in [0.25, 0.3) is 0 Å². The van der Waals surface area contributed by atoms with Crippen LogP contribution in [0.1, 0.15) is 5.56 Å². The molecular formula is C115H68Cl2FN3O5. The molecule has 22 aromatic carbocycles. The Labute approximate surface area is 731 Å². The average molecular weight is 1660 g/mol. The molecule has 0 radical (unpaired) electrons. The van der Waals surface area contributed by atoms with Gasteiger partial charge < -0.3 is 37.7 Å². The third-order valence-corrected chi connectivity index (χ3v) is 25.6. The molecular weight excluding hydrogens is 1590 g/mol. The summed E-state index contributed by atoms with van der Waals surface area (Å²) in [5.74, 6) is 4.57. The first kappa shape index (κ1) is 72.9. The van der Waals surface area contributed by atoms with Gasteiger partial charge in [0.2, 0.25) is 0 Å². The fourth-order valence-corrected chi connectivity index (χ4v) is 20.3. The molecule has 0 atom stereocenters. The van der Waals surface area contributed by atoms with Crippen molar-refractivity contribution >= 4 is 215 Å². The van der Waals surface area contributed by atoms with Crippen LogP contribution in [-0.2, 0) is 0 Å². The summed E-state index contributed by atoms with van der Waals surface area (Å²) in [4.78, 5) is 6.64. The number of para-hydroxylation sites is 7. The van der Waals surface area contributed by atoms with Crippen LogP contribution in [0.15, 0.2) is 403 Å². The summed E-state index contributed by atoms with van der Waals surface area (Å²) in [6.45, 7) is 2.15. The first-order chi connectivity index (χ1) is 62.1. The van der Waals surface area contributed by atoms with Gasteiger partial charge in [0.05, 0.1) is 34.1 Å². The van der Waals surface area contributed by atoms with Crippen molar-refractivity contribution in [1.82, 2.24) is 0 Å². The molecule has 11 heteroatoms. The third-order valence-electron chi connectivity index (χ3n) is 25.2. The highest BCUT2D eigenvalue weighted by Gasteiger charge is 2.32. The Bertz CT molecular complexity index is 8710. The Morgan fingerprint density at radius 2 is 0.595 bits per heavy atom. The van der Waals surface area contributed by atoms with E-state index in [0.29, 0.717) is 27.0 Å². The van der Waals surface area contributed by atoms with E-state index in [1.807, 2.05) is 175 Å². The molecule has 594 valence electrons. The minimum atomic E-state index is -0.311. The van der Waals surface area contributed by atoms with E-state index >= 15 is 4.39 Å². The summed E-state index contributed by atoms with van der Waals surface area (Å²) in [7, 11) is 0. The van der Waals surface area contributed by atoms with Crippen molar-refractivity contribution in [2.24, 2.45) is 0 Å². The van der Waals surface area contributed by atoms with Gasteiger partial charge in [0.15, 0.2) is 17.0 Å². The van der Waals surface area contributed by atoms with Gasteiger partial charge in [-0.1, -0.05) is 278 Å². The van der Waals surface area contributed by atoms with E-state index in [9.17, 15) is 0 Å². The largest absolute Gasteiger partial charge is 0.456 e. The van der Waals surface area contributed by atoms with E-state index < -0.39 is 0 Å². The molecule has 2 aromatic heterocycles. The quantitative estimate of drug-likeness (QED) is 0.119. The fourth-order valence-electron chi connectivity index (χ4n) is 19.8. The number of hydrogen-bond donors (Lipinski definition) is 0. The molecule has 0 unspecified atom stereocenters. The van der Waals surface area contributed by atoms with Crippen LogP contribution in [0.5, 0.6) is 34.5 Å². The Morgan fingerprint density at radius 1 is 0.230 bits per heavy atom. The van der Waals surface area contributed by atoms with Crippen LogP contribution in [0.25, 0.3) is 163 Å². The average Bonchev–Trinajstić information content (AvgIpc) is 1.11. The first-order valence-electron chi connectivity index (χ1n) is 42.1. The molecule has 0 aliphatic carbocycles. The van der Waals surface area contributed by atoms with Gasteiger partial charge in [0, 0.05) is 132 Å². The molecule has 0 amide bonds. The smallest absolute Gasteiger partial charge is 0.159 e. The van der Waals surface area contributed by atoms with E-state index in [-0.39, 0.29) is 5.82 Å². The number of hydrogen-bond acceptors (Lipinski definition) is 8.